The van der Waals surface area contributed by atoms with Gasteiger partial charge in [-0.05, 0) is 25.0 Å². The number of hydrogen-bond acceptors (Lipinski definition) is 3. The molecule has 0 fully saturated rings. The van der Waals surface area contributed by atoms with E-state index in [9.17, 15) is 18.7 Å². The second kappa shape index (κ2) is 3.84. The maximum absolute atomic E-state index is 12.7. The molecule has 15 heavy (non-hydrogen) atoms. The van der Waals surface area contributed by atoms with Crippen molar-refractivity contribution in [1.82, 2.24) is 0 Å². The zero-order valence-corrected chi connectivity index (χ0v) is 8.21. The van der Waals surface area contributed by atoms with E-state index < -0.39 is 12.1 Å². The molecule has 0 N–H and O–H groups in total. The number of carboxylic acid groups (broad SMARTS) is 1. The number of carbonyl (C=O) groups is 1. The molecule has 0 aliphatic carbocycles. The highest BCUT2D eigenvalue weighted by Crippen LogP contribution is 2.28. The zero-order valence-electron chi connectivity index (χ0n) is 8.21. The maximum Gasteiger partial charge on any atom is 0.441 e. The minimum Gasteiger partial charge on any atom is -0.541 e. The minimum atomic E-state index is -4.31. The van der Waals surface area contributed by atoms with Crippen molar-refractivity contribution < 1.29 is 23.4 Å². The Morgan fingerprint density at radius 1 is 1.33 bits per heavy atom. The zero-order chi connectivity index (χ0) is 11.6. The number of carboxylic acids is 1. The number of aryl methyl sites for hydroxylation is 2. The normalized spacial score (nSPS) is 11.2. The summed E-state index contributed by atoms with van der Waals surface area (Å²) in [7, 11) is 0. The average molecular weight is 215 g/mol. The number of aliphatic carboxylic acids is 1. The van der Waals surface area contributed by atoms with E-state index in [1.165, 1.54) is 0 Å². The van der Waals surface area contributed by atoms with Crippen molar-refractivity contribution in [1.29, 1.82) is 0 Å². The third kappa shape index (κ3) is 2.43. The fourth-order valence-electron chi connectivity index (χ4n) is 1.13. The van der Waals surface area contributed by atoms with Crippen molar-refractivity contribution in [3.8, 4) is 5.75 Å². The summed E-state index contributed by atoms with van der Waals surface area (Å²) in [5, 5.41) is 10.1. The van der Waals surface area contributed by atoms with E-state index in [1.807, 2.05) is 0 Å². The van der Waals surface area contributed by atoms with Crippen LogP contribution in [0.1, 0.15) is 11.1 Å². The lowest BCUT2D eigenvalue weighted by Crippen LogP contribution is -2.45. The maximum atomic E-state index is 12.7. The predicted octanol–water partition coefficient (Wildman–Crippen LogP) is 1.02. The highest BCUT2D eigenvalue weighted by Gasteiger charge is 2.34. The smallest absolute Gasteiger partial charge is 0.441 e. The molecule has 0 spiro atoms. The first-order valence-corrected chi connectivity index (χ1v) is 4.19. The molecule has 0 heterocycles. The van der Waals surface area contributed by atoms with Crippen LogP contribution in [-0.4, -0.2) is 12.1 Å². The van der Waals surface area contributed by atoms with Gasteiger partial charge in [0.25, 0.3) is 0 Å². The second-order valence-corrected chi connectivity index (χ2v) is 3.13. The SMILES string of the molecule is Cc1cccc(C)c1OC(F)(F)C(=O)[O-]. The number of alkyl halides is 2. The Balaban J connectivity index is 3.04. The van der Waals surface area contributed by atoms with Crippen LogP contribution in [0.3, 0.4) is 0 Å². The minimum absolute atomic E-state index is 0.133. The van der Waals surface area contributed by atoms with Crippen molar-refractivity contribution in [2.45, 2.75) is 20.0 Å². The van der Waals surface area contributed by atoms with Crippen molar-refractivity contribution in [2.24, 2.45) is 0 Å². The molecule has 0 saturated carbocycles. The number of carbonyl (C=O) groups excluding carboxylic acids is 1. The van der Waals surface area contributed by atoms with E-state index in [4.69, 9.17) is 0 Å². The Morgan fingerprint density at radius 3 is 2.20 bits per heavy atom. The summed E-state index contributed by atoms with van der Waals surface area (Å²) in [6.07, 6.45) is -4.31. The summed E-state index contributed by atoms with van der Waals surface area (Å²) in [5.74, 6) is -2.68. The van der Waals surface area contributed by atoms with Gasteiger partial charge in [0, 0.05) is 0 Å². The molecule has 0 unspecified atom stereocenters. The van der Waals surface area contributed by atoms with Crippen molar-refractivity contribution in [3.63, 3.8) is 0 Å². The molecular weight excluding hydrogens is 206 g/mol. The molecule has 1 rings (SSSR count). The molecule has 0 saturated heterocycles. The second-order valence-electron chi connectivity index (χ2n) is 3.13. The standard InChI is InChI=1S/C10H10F2O3/c1-6-4-3-5-7(2)8(6)15-10(11,12)9(13)14/h3-5H,1-2H3,(H,13,14)/p-1. The van der Waals surface area contributed by atoms with Crippen LogP contribution >= 0.6 is 0 Å². The average Bonchev–Trinajstić information content (AvgIpc) is 2.11. The van der Waals surface area contributed by atoms with Gasteiger partial charge in [-0.15, -0.1) is 0 Å². The van der Waals surface area contributed by atoms with E-state index in [0.717, 1.165) is 0 Å². The number of hydrogen-bond donors (Lipinski definition) is 0. The summed E-state index contributed by atoms with van der Waals surface area (Å²) in [4.78, 5) is 10.1. The third-order valence-corrected chi connectivity index (χ3v) is 1.88. The third-order valence-electron chi connectivity index (χ3n) is 1.88. The summed E-state index contributed by atoms with van der Waals surface area (Å²) < 4.78 is 29.5. The largest absolute Gasteiger partial charge is 0.541 e. The summed E-state index contributed by atoms with van der Waals surface area (Å²) in [6, 6.07) is 4.76. The van der Waals surface area contributed by atoms with Crippen molar-refractivity contribution in [2.75, 3.05) is 0 Å². The number of para-hydroxylation sites is 1. The van der Waals surface area contributed by atoms with Gasteiger partial charge in [-0.1, -0.05) is 18.2 Å². The van der Waals surface area contributed by atoms with Gasteiger partial charge in [0.05, 0.1) is 0 Å². The monoisotopic (exact) mass is 215 g/mol. The molecule has 0 aliphatic rings. The Labute approximate surface area is 85.3 Å². The molecule has 3 nitrogen and oxygen atoms in total. The van der Waals surface area contributed by atoms with Gasteiger partial charge in [0.15, 0.2) is 5.97 Å². The molecule has 0 bridgehead atoms. The van der Waals surface area contributed by atoms with E-state index in [0.29, 0.717) is 11.1 Å². The lowest BCUT2D eigenvalue weighted by Gasteiger charge is -2.20. The lowest BCUT2D eigenvalue weighted by atomic mass is 10.1. The number of benzene rings is 1. The number of rotatable bonds is 3. The number of halogens is 2. The van der Waals surface area contributed by atoms with Crippen LogP contribution in [0, 0.1) is 13.8 Å². The van der Waals surface area contributed by atoms with E-state index in [-0.39, 0.29) is 5.75 Å². The van der Waals surface area contributed by atoms with E-state index >= 15 is 0 Å². The quantitative estimate of drug-likeness (QED) is 0.756. The highest BCUT2D eigenvalue weighted by atomic mass is 19.3. The molecule has 5 heteroatoms. The first-order valence-electron chi connectivity index (χ1n) is 4.19. The van der Waals surface area contributed by atoms with Gasteiger partial charge in [-0.25, -0.2) is 0 Å². The first kappa shape index (κ1) is 11.4. The van der Waals surface area contributed by atoms with Crippen molar-refractivity contribution in [3.05, 3.63) is 29.3 Å². The lowest BCUT2D eigenvalue weighted by molar-refractivity contribution is -0.350. The van der Waals surface area contributed by atoms with Crippen LogP contribution in [-0.2, 0) is 4.79 Å². The van der Waals surface area contributed by atoms with Gasteiger partial charge in [-0.2, -0.15) is 8.78 Å². The van der Waals surface area contributed by atoms with Crippen LogP contribution in [0.2, 0.25) is 0 Å². The molecule has 82 valence electrons. The highest BCUT2D eigenvalue weighted by molar-refractivity contribution is 5.71. The van der Waals surface area contributed by atoms with Gasteiger partial charge < -0.3 is 14.6 Å². The summed E-state index contributed by atoms with van der Waals surface area (Å²) in [5.41, 5.74) is 0.881. The van der Waals surface area contributed by atoms with Gasteiger partial charge >= 0.3 is 6.11 Å². The number of ether oxygens (including phenoxy) is 1. The Hall–Kier alpha value is -1.65. The molecule has 0 amide bonds. The molecule has 1 aromatic carbocycles. The molecule has 1 aromatic rings. The van der Waals surface area contributed by atoms with Crippen LogP contribution in [0.5, 0.6) is 5.75 Å². The van der Waals surface area contributed by atoms with Crippen LogP contribution in [0.15, 0.2) is 18.2 Å². The van der Waals surface area contributed by atoms with Gasteiger partial charge in [-0.3, -0.25) is 0 Å². The van der Waals surface area contributed by atoms with Gasteiger partial charge in [0.2, 0.25) is 0 Å². The molecular formula is C10H9F2O3-. The van der Waals surface area contributed by atoms with Gasteiger partial charge in [0.1, 0.15) is 5.75 Å². The molecule has 0 radical (unpaired) electrons. The van der Waals surface area contributed by atoms with E-state index in [1.54, 1.807) is 32.0 Å². The predicted molar refractivity (Wildman–Crippen MR) is 46.5 cm³/mol. The van der Waals surface area contributed by atoms with Crippen LogP contribution in [0.25, 0.3) is 0 Å². The molecule has 0 aromatic heterocycles. The van der Waals surface area contributed by atoms with Crippen molar-refractivity contribution >= 4 is 5.97 Å². The molecule has 0 atom stereocenters. The summed E-state index contributed by atoms with van der Waals surface area (Å²) >= 11 is 0. The fraction of sp³-hybridized carbons (Fsp3) is 0.300. The molecule has 0 aliphatic heterocycles. The first-order chi connectivity index (χ1) is 6.84. The van der Waals surface area contributed by atoms with Crippen LogP contribution < -0.4 is 9.84 Å². The van der Waals surface area contributed by atoms with E-state index in [2.05, 4.69) is 4.74 Å². The Kier molecular flexibility index (Phi) is 2.93. The topological polar surface area (TPSA) is 49.4 Å². The van der Waals surface area contributed by atoms with Crippen LogP contribution in [0.4, 0.5) is 8.78 Å². The Morgan fingerprint density at radius 2 is 1.80 bits per heavy atom. The summed E-state index contributed by atoms with van der Waals surface area (Å²) in [6.45, 7) is 3.10. The Bertz CT molecular complexity index is 368. The fourth-order valence-corrected chi connectivity index (χ4v) is 1.13.